The molecule has 0 aromatic heterocycles. The molecular formula is C4H5F2NOS. The molecule has 5 heteroatoms. The quantitative estimate of drug-likeness (QED) is 0.530. The normalized spacial score (nSPS) is 19.9. The van der Waals surface area contributed by atoms with Crippen LogP contribution in [0.1, 0.15) is 0 Å². The molecule has 0 atom stereocenters. The lowest BCUT2D eigenvalue weighted by molar-refractivity contribution is 0.0162. The molecule has 1 amide bonds. The Hall–Kier alpha value is -0.320. The van der Waals surface area contributed by atoms with E-state index in [2.05, 4.69) is 0 Å². The summed E-state index contributed by atoms with van der Waals surface area (Å²) in [4.78, 5) is 11.0. The van der Waals surface area contributed by atoms with E-state index in [1.807, 2.05) is 0 Å². The molecule has 1 fully saturated rings. The van der Waals surface area contributed by atoms with Gasteiger partial charge < -0.3 is 0 Å². The van der Waals surface area contributed by atoms with Gasteiger partial charge in [0.2, 0.25) is 0 Å². The van der Waals surface area contributed by atoms with Crippen molar-refractivity contribution in [3.63, 3.8) is 0 Å². The Bertz CT molecular complexity index is 130. The predicted molar refractivity (Wildman–Crippen MR) is 30.6 cm³/mol. The summed E-state index contributed by atoms with van der Waals surface area (Å²) < 4.78 is 23.4. The number of hydrogen-bond donors (Lipinski definition) is 0. The van der Waals surface area contributed by atoms with E-state index in [0.717, 1.165) is 11.8 Å². The number of thioether (sulfide) groups is 1. The Morgan fingerprint density at radius 2 is 2.33 bits per heavy atom. The van der Waals surface area contributed by atoms with Gasteiger partial charge in [-0.3, -0.25) is 9.69 Å². The fraction of sp³-hybridized carbons (Fsp3) is 0.750. The molecule has 2 nitrogen and oxygen atoms in total. The molecule has 0 N–H and O–H groups in total. The molecule has 0 aromatic carbocycles. The molecule has 0 spiro atoms. The zero-order valence-electron chi connectivity index (χ0n) is 4.51. The number of hydrogen-bond acceptors (Lipinski definition) is 2. The minimum absolute atomic E-state index is 0.182. The predicted octanol–water partition coefficient (Wildman–Crippen LogP) is 1.38. The second-order valence-corrected chi connectivity index (χ2v) is 2.63. The lowest BCUT2D eigenvalue weighted by Gasteiger charge is -2.11. The smallest absolute Gasteiger partial charge is 0.276 e. The lowest BCUT2D eigenvalue weighted by atomic mass is 10.7. The van der Waals surface area contributed by atoms with Crippen molar-refractivity contribution in [2.24, 2.45) is 0 Å². The van der Waals surface area contributed by atoms with Crippen LogP contribution < -0.4 is 0 Å². The number of carbonyl (C=O) groups excluding carboxylic acids is 1. The summed E-state index contributed by atoms with van der Waals surface area (Å²) in [5.74, 6) is 0.489. The van der Waals surface area contributed by atoms with Crippen LogP contribution in [0.3, 0.4) is 0 Å². The van der Waals surface area contributed by atoms with Crippen LogP contribution >= 0.6 is 11.8 Å². The molecule has 1 aliphatic rings. The van der Waals surface area contributed by atoms with Crippen LogP contribution in [0, 0.1) is 0 Å². The number of alkyl halides is 2. The van der Waals surface area contributed by atoms with E-state index in [0.29, 0.717) is 10.7 Å². The monoisotopic (exact) mass is 153 g/mol. The van der Waals surface area contributed by atoms with Crippen LogP contribution in [0.2, 0.25) is 0 Å². The molecular weight excluding hydrogens is 148 g/mol. The van der Waals surface area contributed by atoms with E-state index in [-0.39, 0.29) is 6.54 Å². The van der Waals surface area contributed by atoms with Crippen molar-refractivity contribution in [1.29, 1.82) is 0 Å². The summed E-state index contributed by atoms with van der Waals surface area (Å²) >= 11 is 0.941. The van der Waals surface area contributed by atoms with Crippen LogP contribution in [0.4, 0.5) is 13.6 Å². The highest BCUT2D eigenvalue weighted by molar-refractivity contribution is 8.13. The van der Waals surface area contributed by atoms with Gasteiger partial charge >= 0.3 is 6.55 Å². The standard InChI is InChI=1S/C4H5F2NOS/c5-3(6)7-1-2-9-4(7)8/h3H,1-2H2. The fourth-order valence-corrected chi connectivity index (χ4v) is 1.38. The maximum atomic E-state index is 11.7. The highest BCUT2D eigenvalue weighted by Gasteiger charge is 2.27. The van der Waals surface area contributed by atoms with Crippen molar-refractivity contribution < 1.29 is 13.6 Å². The molecule has 1 rings (SSSR count). The van der Waals surface area contributed by atoms with Gasteiger partial charge in [-0.1, -0.05) is 11.8 Å². The fourth-order valence-electron chi connectivity index (χ4n) is 0.583. The van der Waals surface area contributed by atoms with Gasteiger partial charge in [-0.25, -0.2) is 0 Å². The number of carbonyl (C=O) groups is 1. The first-order chi connectivity index (χ1) is 4.22. The third-order valence-electron chi connectivity index (χ3n) is 1.03. The Balaban J connectivity index is 2.49. The summed E-state index contributed by atoms with van der Waals surface area (Å²) in [6.45, 7) is -2.44. The zero-order valence-corrected chi connectivity index (χ0v) is 5.33. The van der Waals surface area contributed by atoms with E-state index in [4.69, 9.17) is 0 Å². The highest BCUT2D eigenvalue weighted by atomic mass is 32.2. The molecule has 52 valence electrons. The van der Waals surface area contributed by atoms with Crippen molar-refractivity contribution in [3.8, 4) is 0 Å². The molecule has 0 saturated carbocycles. The molecule has 1 aliphatic heterocycles. The first-order valence-corrected chi connectivity index (χ1v) is 3.42. The first kappa shape index (κ1) is 6.80. The van der Waals surface area contributed by atoms with Gasteiger partial charge in [-0.15, -0.1) is 0 Å². The van der Waals surface area contributed by atoms with Gasteiger partial charge in [0.1, 0.15) is 0 Å². The van der Waals surface area contributed by atoms with E-state index in [9.17, 15) is 13.6 Å². The largest absolute Gasteiger partial charge is 0.318 e. The Morgan fingerprint density at radius 3 is 2.56 bits per heavy atom. The number of amides is 1. The summed E-state index contributed by atoms with van der Waals surface area (Å²) in [5.41, 5.74) is 0. The second kappa shape index (κ2) is 2.51. The number of nitrogens with zero attached hydrogens (tertiary/aromatic N) is 1. The van der Waals surface area contributed by atoms with Gasteiger partial charge in [-0.05, 0) is 0 Å². The minimum Gasteiger partial charge on any atom is -0.276 e. The van der Waals surface area contributed by atoms with E-state index in [1.165, 1.54) is 0 Å². The van der Waals surface area contributed by atoms with E-state index >= 15 is 0 Å². The third kappa shape index (κ3) is 1.32. The molecule has 9 heavy (non-hydrogen) atoms. The Labute approximate surface area is 55.2 Å². The maximum absolute atomic E-state index is 11.7. The van der Waals surface area contributed by atoms with E-state index < -0.39 is 11.8 Å². The summed E-state index contributed by atoms with van der Waals surface area (Å²) in [6.07, 6.45) is 0. The molecule has 0 unspecified atom stereocenters. The van der Waals surface area contributed by atoms with Crippen LogP contribution in [-0.2, 0) is 0 Å². The van der Waals surface area contributed by atoms with Crippen molar-refractivity contribution in [3.05, 3.63) is 0 Å². The van der Waals surface area contributed by atoms with Crippen molar-refractivity contribution >= 4 is 17.0 Å². The lowest BCUT2D eigenvalue weighted by Crippen LogP contribution is -2.28. The topological polar surface area (TPSA) is 20.3 Å². The minimum atomic E-state index is -2.62. The first-order valence-electron chi connectivity index (χ1n) is 2.43. The average Bonchev–Trinajstić information content (AvgIpc) is 2.13. The van der Waals surface area contributed by atoms with Gasteiger partial charge in [-0.2, -0.15) is 8.78 Å². The summed E-state index contributed by atoms with van der Waals surface area (Å²) in [5, 5.41) is -0.509. The van der Waals surface area contributed by atoms with Crippen molar-refractivity contribution in [2.75, 3.05) is 12.3 Å². The van der Waals surface area contributed by atoms with Crippen LogP contribution in [0.15, 0.2) is 0 Å². The van der Waals surface area contributed by atoms with Gasteiger partial charge in [0, 0.05) is 12.3 Å². The molecule has 0 radical (unpaired) electrons. The molecule has 0 aromatic rings. The summed E-state index contributed by atoms with van der Waals surface area (Å²) in [7, 11) is 0. The third-order valence-corrected chi connectivity index (χ3v) is 1.90. The molecule has 1 heterocycles. The SMILES string of the molecule is O=C1SCCN1C(F)F. The molecule has 0 aliphatic carbocycles. The van der Waals surface area contributed by atoms with Crippen molar-refractivity contribution in [1.82, 2.24) is 4.90 Å². The van der Waals surface area contributed by atoms with Gasteiger partial charge in [0.15, 0.2) is 0 Å². The van der Waals surface area contributed by atoms with Crippen LogP contribution in [0.5, 0.6) is 0 Å². The zero-order chi connectivity index (χ0) is 6.85. The van der Waals surface area contributed by atoms with Crippen LogP contribution in [-0.4, -0.2) is 29.0 Å². The number of rotatable bonds is 1. The maximum Gasteiger partial charge on any atom is 0.318 e. The number of halogens is 2. The summed E-state index contributed by atoms with van der Waals surface area (Å²) in [6, 6.07) is 0. The van der Waals surface area contributed by atoms with Gasteiger partial charge in [0.25, 0.3) is 5.24 Å². The molecule has 1 saturated heterocycles. The van der Waals surface area contributed by atoms with Gasteiger partial charge in [0.05, 0.1) is 0 Å². The Kier molecular flexibility index (Phi) is 1.90. The van der Waals surface area contributed by atoms with Crippen LogP contribution in [0.25, 0.3) is 0 Å². The van der Waals surface area contributed by atoms with Crippen molar-refractivity contribution in [2.45, 2.75) is 6.55 Å². The Morgan fingerprint density at radius 1 is 1.67 bits per heavy atom. The second-order valence-electron chi connectivity index (χ2n) is 1.59. The van der Waals surface area contributed by atoms with E-state index in [1.54, 1.807) is 0 Å². The average molecular weight is 153 g/mol. The molecule has 0 bridgehead atoms. The highest BCUT2D eigenvalue weighted by Crippen LogP contribution is 2.20.